The van der Waals surface area contributed by atoms with Crippen molar-refractivity contribution in [1.29, 1.82) is 0 Å². The van der Waals surface area contributed by atoms with Crippen molar-refractivity contribution in [2.45, 2.75) is 180 Å². The molecule has 0 radical (unpaired) electrons. The fourth-order valence-corrected chi connectivity index (χ4v) is 21.1. The van der Waals surface area contributed by atoms with Crippen molar-refractivity contribution in [3.05, 3.63) is 135 Å². The number of carbonyl (C=O) groups is 1. The summed E-state index contributed by atoms with van der Waals surface area (Å²) < 4.78 is 0. The standard InChI is InChI=1S/C69H88N2O4/c1-4-5-6-12-34-69-56-24-14-33-67(69)35-29-55-58(69)42-66-32-16-31-65(3)59(72)30-36-68(55,64(65)66)57-40-48-20-10-11-22-51(48)53(54(57)41-66)39-45-17-13-21-47(38-45)49-26-28-60(71-43-49)70-37-15-23-50(46-18-8-7-9-19-46)44(2)25-27-52(63(74)75)61(67)62(56)73/h10-11,13,16-17,20-22,26,28,32,38,40-41,46,50,52,56-57,59,61-62,64,70-73H,2,4-9,12,14-15,18-19,23-25,27,29-31,33-37,39,42-43H2,1,3H3,(H,74,75)/t50-,52-,56-,57+,59+,61+,62-,64-,65-,66-,67-,68-,69+/m1/s1. The number of aliphatic carboxylic acids is 1. The quantitative estimate of drug-likeness (QED) is 0.140. The lowest BCUT2D eigenvalue weighted by molar-refractivity contribution is -0.165. The second-order valence-corrected chi connectivity index (χ2v) is 26.9. The third-order valence-electron chi connectivity index (χ3n) is 23.7. The zero-order valence-electron chi connectivity index (χ0n) is 45.6. The number of aliphatic hydroxyl groups excluding tert-OH is 2. The van der Waals surface area contributed by atoms with Crippen molar-refractivity contribution in [2.24, 2.45) is 68.5 Å². The van der Waals surface area contributed by atoms with Crippen LogP contribution in [0.15, 0.2) is 114 Å². The van der Waals surface area contributed by atoms with Gasteiger partial charge in [-0.05, 0) is 176 Å². The van der Waals surface area contributed by atoms with Gasteiger partial charge in [-0.25, -0.2) is 0 Å². The zero-order valence-corrected chi connectivity index (χ0v) is 45.6. The first-order chi connectivity index (χ1) is 36.5. The summed E-state index contributed by atoms with van der Waals surface area (Å²) in [4.78, 5) is 14.4. The van der Waals surface area contributed by atoms with E-state index in [9.17, 15) is 20.1 Å². The Morgan fingerprint density at radius 2 is 1.72 bits per heavy atom. The highest BCUT2D eigenvalue weighted by Gasteiger charge is 2.78. The van der Waals surface area contributed by atoms with Gasteiger partial charge in [-0.2, -0.15) is 0 Å². The molecule has 9 aliphatic carbocycles. The number of hydrogen-bond acceptors (Lipinski definition) is 5. The second kappa shape index (κ2) is 19.2. The smallest absolute Gasteiger partial charge is 0.306 e. The van der Waals surface area contributed by atoms with Gasteiger partial charge in [-0.3, -0.25) is 4.79 Å². The van der Waals surface area contributed by atoms with Crippen molar-refractivity contribution in [3.63, 3.8) is 0 Å². The predicted octanol–water partition coefficient (Wildman–Crippen LogP) is 12.8. The Hall–Kier alpha value is -4.39. The Balaban J connectivity index is 1.02. The number of allylic oxidation sites excluding steroid dienone is 9. The number of carboxylic acids is 1. The van der Waals surface area contributed by atoms with E-state index in [1.807, 2.05) is 0 Å². The second-order valence-electron chi connectivity index (χ2n) is 26.9. The van der Waals surface area contributed by atoms with E-state index in [1.54, 1.807) is 11.1 Å². The van der Waals surface area contributed by atoms with Crippen LogP contribution < -0.4 is 21.1 Å². The Bertz CT molecular complexity index is 2910. The molecule has 0 unspecified atom stereocenters. The lowest BCUT2D eigenvalue weighted by Crippen LogP contribution is -2.68. The van der Waals surface area contributed by atoms with E-state index in [0.29, 0.717) is 18.3 Å². The molecule has 6 nitrogen and oxygen atoms in total. The van der Waals surface area contributed by atoms with Crippen molar-refractivity contribution in [3.8, 4) is 0 Å². The monoisotopic (exact) mass is 1010 g/mol. The van der Waals surface area contributed by atoms with Crippen LogP contribution in [0, 0.1) is 68.5 Å². The summed E-state index contributed by atoms with van der Waals surface area (Å²) in [5.41, 5.74) is 10.1. The topological polar surface area (TPSA) is 102 Å². The number of aliphatic hydroxyl groups is 2. The number of dihydropyridines is 1. The van der Waals surface area contributed by atoms with Crippen LogP contribution in [0.4, 0.5) is 0 Å². The molecule has 0 aromatic heterocycles. The summed E-state index contributed by atoms with van der Waals surface area (Å²) in [5, 5.41) is 48.0. The molecular weight excluding hydrogens is 921 g/mol. The molecule has 2 aromatic carbocycles. The van der Waals surface area contributed by atoms with E-state index in [4.69, 9.17) is 6.58 Å². The minimum atomic E-state index is -0.702. The summed E-state index contributed by atoms with van der Waals surface area (Å²) in [6, 6.07) is 18.6. The molecule has 0 saturated heterocycles. The van der Waals surface area contributed by atoms with Crippen molar-refractivity contribution in [1.82, 2.24) is 10.6 Å². The van der Waals surface area contributed by atoms with E-state index >= 15 is 0 Å². The number of fused-ring (bicyclic) bond motifs is 1. The van der Waals surface area contributed by atoms with E-state index in [1.165, 1.54) is 95.2 Å². The first-order valence-electron chi connectivity index (χ1n) is 30.7. The molecule has 13 atom stereocenters. The van der Waals surface area contributed by atoms with Crippen LogP contribution in [0.5, 0.6) is 0 Å². The molecule has 17 rings (SSSR count). The van der Waals surface area contributed by atoms with Gasteiger partial charge in [-0.1, -0.05) is 167 Å². The average Bonchev–Trinajstić information content (AvgIpc) is 3.84. The highest BCUT2D eigenvalue weighted by Crippen LogP contribution is 2.83. The van der Waals surface area contributed by atoms with Crippen LogP contribution in [0.2, 0.25) is 0 Å². The minimum Gasteiger partial charge on any atom is -0.481 e. The van der Waals surface area contributed by atoms with Gasteiger partial charge in [0, 0.05) is 46.6 Å². The van der Waals surface area contributed by atoms with Crippen molar-refractivity contribution < 1.29 is 20.1 Å². The average molecular weight is 1010 g/mol. The molecule has 3 spiro atoms. The Kier molecular flexibility index (Phi) is 12.8. The number of carboxylic acid groups (broad SMARTS) is 1. The molecule has 15 aliphatic rings. The highest BCUT2D eigenvalue weighted by atomic mass is 16.4. The lowest BCUT2D eigenvalue weighted by atomic mass is 9.30. The summed E-state index contributed by atoms with van der Waals surface area (Å²) in [6.07, 6.45) is 38.9. The van der Waals surface area contributed by atoms with Gasteiger partial charge in [0.2, 0.25) is 0 Å². The first-order valence-corrected chi connectivity index (χ1v) is 30.7. The number of nitrogens with one attached hydrogen (secondary N) is 2. The Labute approximate surface area is 448 Å². The summed E-state index contributed by atoms with van der Waals surface area (Å²) in [6.45, 7) is 11.3. The van der Waals surface area contributed by atoms with Gasteiger partial charge in [0.25, 0.3) is 0 Å². The predicted molar refractivity (Wildman–Crippen MR) is 303 cm³/mol. The lowest BCUT2D eigenvalue weighted by Gasteiger charge is -2.73. The van der Waals surface area contributed by atoms with Gasteiger partial charge in [-0.15, -0.1) is 0 Å². The van der Waals surface area contributed by atoms with E-state index < -0.39 is 18.0 Å². The van der Waals surface area contributed by atoms with Crippen LogP contribution in [0.1, 0.15) is 173 Å². The van der Waals surface area contributed by atoms with Crippen LogP contribution >= 0.6 is 0 Å². The summed E-state index contributed by atoms with van der Waals surface area (Å²) >= 11 is 0. The molecule has 2 aromatic rings. The molecular formula is C69H88N2O4. The van der Waals surface area contributed by atoms with Crippen LogP contribution in [0.25, 0.3) is 17.2 Å². The minimum absolute atomic E-state index is 0.0421. The van der Waals surface area contributed by atoms with Gasteiger partial charge in [0.1, 0.15) is 0 Å². The number of unbranched alkanes of at least 4 members (excludes halogenated alkanes) is 3. The number of hydrogen-bond donors (Lipinski definition) is 5. The number of rotatable bonds is 7. The Morgan fingerprint density at radius 3 is 2.55 bits per heavy atom. The molecule has 398 valence electrons. The van der Waals surface area contributed by atoms with E-state index in [2.05, 4.69) is 109 Å². The fraction of sp³-hybridized carbons (Fsp3) is 0.609. The molecule has 4 fully saturated rings. The van der Waals surface area contributed by atoms with Gasteiger partial charge in [0.05, 0.1) is 23.9 Å². The highest BCUT2D eigenvalue weighted by molar-refractivity contribution is 5.78. The first kappa shape index (κ1) is 50.1. The molecule has 5 N–H and O–H groups in total. The maximum Gasteiger partial charge on any atom is 0.306 e. The van der Waals surface area contributed by atoms with Crippen molar-refractivity contribution >= 4 is 23.2 Å². The molecule has 6 heterocycles. The van der Waals surface area contributed by atoms with Gasteiger partial charge in [0.15, 0.2) is 0 Å². The van der Waals surface area contributed by atoms with Gasteiger partial charge >= 0.3 is 5.97 Å². The fourth-order valence-electron chi connectivity index (χ4n) is 21.1. The maximum atomic E-state index is 14.4. The molecule has 6 aliphatic heterocycles. The van der Waals surface area contributed by atoms with Gasteiger partial charge < -0.3 is 26.0 Å². The zero-order chi connectivity index (χ0) is 51.3. The van der Waals surface area contributed by atoms with E-state index in [-0.39, 0.29) is 56.9 Å². The van der Waals surface area contributed by atoms with E-state index in [0.717, 1.165) is 115 Å². The SMILES string of the molecule is C=C1CC[C@@H](C(=O)O)[C@H]2[C@H](O)[C@H]3CCC[C@@]24CCC2=C(C[C@@]56C=CC[C@]7(C)[C@@H](O)CC[C@@]2([C@H]2C=c8ccccc8=C(Cc8cccc(c8)C8=CC=C(NCCC[C@H]1C1CCCCC1)NC8)C2=C5)[C@@H]67)[C@]34CCCCCC. The van der Waals surface area contributed by atoms with Crippen LogP contribution in [0.3, 0.4) is 0 Å². The molecule has 4 saturated carbocycles. The molecule has 75 heavy (non-hydrogen) atoms. The molecule has 0 amide bonds. The summed E-state index contributed by atoms with van der Waals surface area (Å²) in [7, 11) is 0. The number of benzene rings is 2. The molecule has 15 bridgehead atoms. The third kappa shape index (κ3) is 7.53. The largest absolute Gasteiger partial charge is 0.481 e. The molecule has 6 heteroatoms. The van der Waals surface area contributed by atoms with Crippen molar-refractivity contribution in [2.75, 3.05) is 13.1 Å². The Morgan fingerprint density at radius 1 is 0.853 bits per heavy atom. The maximum absolute atomic E-state index is 14.4. The van der Waals surface area contributed by atoms with Crippen LogP contribution in [-0.4, -0.2) is 46.6 Å². The third-order valence-corrected chi connectivity index (χ3v) is 23.7. The summed E-state index contributed by atoms with van der Waals surface area (Å²) in [5.74, 6) is 0.877. The van der Waals surface area contributed by atoms with Crippen LogP contribution in [-0.2, 0) is 11.2 Å². The normalized spacial score (nSPS) is 39.9.